The lowest BCUT2D eigenvalue weighted by molar-refractivity contribution is 0.0659. The Morgan fingerprint density at radius 1 is 1.44 bits per heavy atom. The fraction of sp³-hybridized carbons (Fsp3) is 0.222. The number of furan rings is 1. The van der Waals surface area contributed by atoms with Crippen LogP contribution in [0.3, 0.4) is 0 Å². The van der Waals surface area contributed by atoms with Gasteiger partial charge in [-0.05, 0) is 31.0 Å². The molecule has 4 rings (SSSR count). The highest BCUT2D eigenvalue weighted by Crippen LogP contribution is 2.38. The van der Waals surface area contributed by atoms with Crippen LogP contribution >= 0.6 is 11.6 Å². The molecule has 0 spiro atoms. The molecule has 1 aliphatic rings. The summed E-state index contributed by atoms with van der Waals surface area (Å²) in [7, 11) is 0. The Balaban J connectivity index is 1.77. The van der Waals surface area contributed by atoms with Gasteiger partial charge in [-0.3, -0.25) is 4.68 Å². The zero-order valence-electron chi connectivity index (χ0n) is 13.3. The van der Waals surface area contributed by atoms with Gasteiger partial charge in [-0.15, -0.1) is 0 Å². The van der Waals surface area contributed by atoms with Crippen molar-refractivity contribution in [2.24, 2.45) is 0 Å². The maximum Gasteiger partial charge on any atom is 0.372 e. The zero-order valence-corrected chi connectivity index (χ0v) is 14.1. The van der Waals surface area contributed by atoms with Gasteiger partial charge in [0.25, 0.3) is 0 Å². The molecule has 25 heavy (non-hydrogen) atoms. The van der Waals surface area contributed by atoms with Crippen molar-refractivity contribution in [2.75, 3.05) is 0 Å². The number of fused-ring (bicyclic) bond motifs is 3. The largest absolute Gasteiger partial charge is 0.475 e. The minimum atomic E-state index is -1.09. The van der Waals surface area contributed by atoms with Crippen molar-refractivity contribution in [3.05, 3.63) is 63.4 Å². The number of nitrogens with zero attached hydrogens (tertiary/aromatic N) is 2. The summed E-state index contributed by atoms with van der Waals surface area (Å²) < 4.78 is 21.1. The normalized spacial score (nSPS) is 12.8. The number of hydrogen-bond donors (Lipinski definition) is 1. The second kappa shape index (κ2) is 5.74. The van der Waals surface area contributed by atoms with Crippen LogP contribution in [0.15, 0.2) is 28.8 Å². The van der Waals surface area contributed by atoms with Crippen LogP contribution in [-0.2, 0) is 19.4 Å². The number of carboxylic acid groups (broad SMARTS) is 1. The predicted molar refractivity (Wildman–Crippen MR) is 89.5 cm³/mol. The summed E-state index contributed by atoms with van der Waals surface area (Å²) in [5, 5.41) is 14.1. The molecule has 1 aromatic carbocycles. The molecule has 0 amide bonds. The molecule has 128 valence electrons. The van der Waals surface area contributed by atoms with Gasteiger partial charge in [0.1, 0.15) is 11.6 Å². The Morgan fingerprint density at radius 3 is 2.96 bits per heavy atom. The molecule has 1 aliphatic carbocycles. The van der Waals surface area contributed by atoms with Gasteiger partial charge in [0.05, 0.1) is 12.2 Å². The van der Waals surface area contributed by atoms with Crippen LogP contribution in [0.1, 0.15) is 33.0 Å². The van der Waals surface area contributed by atoms with Crippen molar-refractivity contribution in [1.82, 2.24) is 9.78 Å². The van der Waals surface area contributed by atoms with E-state index in [9.17, 15) is 14.3 Å². The summed E-state index contributed by atoms with van der Waals surface area (Å²) in [6.45, 7) is 1.92. The standard InChI is InChI=1S/C18H14ClFN2O3/c1-9-15-14(25-17(9)18(23)24)6-5-10-7-22(21-16(10)15)8-11-12(19)3-2-4-13(11)20/h2-4,7H,5-6,8H2,1H3,(H,23,24). The maximum atomic E-state index is 14.0. The number of rotatable bonds is 3. The van der Waals surface area contributed by atoms with Crippen LogP contribution in [0.5, 0.6) is 0 Å². The lowest BCUT2D eigenvalue weighted by Crippen LogP contribution is -2.04. The van der Waals surface area contributed by atoms with Crippen molar-refractivity contribution < 1.29 is 18.7 Å². The number of hydrogen-bond acceptors (Lipinski definition) is 3. The van der Waals surface area contributed by atoms with Gasteiger partial charge in [0.15, 0.2) is 0 Å². The summed E-state index contributed by atoms with van der Waals surface area (Å²) in [6.07, 6.45) is 3.16. The Bertz CT molecular complexity index is 986. The summed E-state index contributed by atoms with van der Waals surface area (Å²) in [5.74, 6) is -0.888. The van der Waals surface area contributed by atoms with Crippen molar-refractivity contribution in [1.29, 1.82) is 0 Å². The van der Waals surface area contributed by atoms with E-state index in [2.05, 4.69) is 5.10 Å². The lowest BCUT2D eigenvalue weighted by Gasteiger charge is -2.09. The molecule has 2 aromatic heterocycles. The summed E-state index contributed by atoms with van der Waals surface area (Å²) in [5.41, 5.74) is 3.36. The van der Waals surface area contributed by atoms with Crippen LogP contribution in [0.4, 0.5) is 4.39 Å². The second-order valence-electron chi connectivity index (χ2n) is 6.06. The summed E-state index contributed by atoms with van der Waals surface area (Å²) in [6, 6.07) is 4.56. The van der Waals surface area contributed by atoms with Crippen LogP contribution in [0.2, 0.25) is 5.02 Å². The molecule has 0 unspecified atom stereocenters. The van der Waals surface area contributed by atoms with Gasteiger partial charge in [-0.25, -0.2) is 9.18 Å². The topological polar surface area (TPSA) is 68.3 Å². The van der Waals surface area contributed by atoms with Crippen molar-refractivity contribution >= 4 is 17.6 Å². The van der Waals surface area contributed by atoms with Crippen LogP contribution in [0.25, 0.3) is 11.3 Å². The van der Waals surface area contributed by atoms with Crippen molar-refractivity contribution in [2.45, 2.75) is 26.3 Å². The third kappa shape index (κ3) is 2.53. The third-order valence-electron chi connectivity index (χ3n) is 4.49. The second-order valence-corrected chi connectivity index (χ2v) is 6.47. The fourth-order valence-corrected chi connectivity index (χ4v) is 3.52. The zero-order chi connectivity index (χ0) is 17.7. The molecule has 0 radical (unpaired) electrons. The number of aromatic nitrogens is 2. The monoisotopic (exact) mass is 360 g/mol. The molecule has 0 bridgehead atoms. The first kappa shape index (κ1) is 15.9. The summed E-state index contributed by atoms with van der Waals surface area (Å²) in [4.78, 5) is 11.3. The smallest absolute Gasteiger partial charge is 0.372 e. The van der Waals surface area contributed by atoms with Crippen molar-refractivity contribution in [3.63, 3.8) is 0 Å². The fourth-order valence-electron chi connectivity index (χ4n) is 3.29. The number of carbonyl (C=O) groups is 1. The van der Waals surface area contributed by atoms with Crippen LogP contribution in [0, 0.1) is 12.7 Å². The molecule has 0 aliphatic heterocycles. The first-order valence-electron chi connectivity index (χ1n) is 7.81. The maximum absolute atomic E-state index is 14.0. The average molecular weight is 361 g/mol. The highest BCUT2D eigenvalue weighted by atomic mass is 35.5. The molecule has 0 fully saturated rings. The van der Waals surface area contributed by atoms with E-state index in [-0.39, 0.29) is 18.1 Å². The van der Waals surface area contributed by atoms with Gasteiger partial charge in [0, 0.05) is 34.3 Å². The molecule has 0 saturated heterocycles. The minimum absolute atomic E-state index is 0.0513. The molecular weight excluding hydrogens is 347 g/mol. The molecule has 7 heteroatoms. The Hall–Kier alpha value is -2.60. The van der Waals surface area contributed by atoms with Gasteiger partial charge >= 0.3 is 5.97 Å². The molecule has 0 atom stereocenters. The van der Waals surface area contributed by atoms with Crippen LogP contribution in [-0.4, -0.2) is 20.9 Å². The van der Waals surface area contributed by atoms with Crippen LogP contribution < -0.4 is 0 Å². The molecule has 2 heterocycles. The number of halogens is 2. The molecule has 0 saturated carbocycles. The quantitative estimate of drug-likeness (QED) is 0.763. The number of carboxylic acids is 1. The Labute approximate surface area is 147 Å². The first-order chi connectivity index (χ1) is 12.0. The lowest BCUT2D eigenvalue weighted by atomic mass is 9.94. The SMILES string of the molecule is Cc1c(C(=O)O)oc2c1-c1nn(Cc3c(F)cccc3Cl)cc1CC2. The van der Waals surface area contributed by atoms with Gasteiger partial charge < -0.3 is 9.52 Å². The van der Waals surface area contributed by atoms with E-state index in [4.69, 9.17) is 16.0 Å². The van der Waals surface area contributed by atoms with E-state index in [0.717, 1.165) is 11.1 Å². The van der Waals surface area contributed by atoms with E-state index in [1.165, 1.54) is 6.07 Å². The number of benzene rings is 1. The predicted octanol–water partition coefficient (Wildman–Crippen LogP) is 4.09. The third-order valence-corrected chi connectivity index (χ3v) is 4.85. The van der Waals surface area contributed by atoms with Gasteiger partial charge in [-0.2, -0.15) is 5.10 Å². The van der Waals surface area contributed by atoms with E-state index < -0.39 is 5.97 Å². The van der Waals surface area contributed by atoms with Gasteiger partial charge in [-0.1, -0.05) is 17.7 Å². The highest BCUT2D eigenvalue weighted by molar-refractivity contribution is 6.31. The highest BCUT2D eigenvalue weighted by Gasteiger charge is 2.29. The molecular formula is C18H14ClFN2O3. The van der Waals surface area contributed by atoms with Crippen molar-refractivity contribution in [3.8, 4) is 11.3 Å². The number of aryl methyl sites for hydroxylation is 2. The van der Waals surface area contributed by atoms with E-state index in [1.54, 1.807) is 23.7 Å². The molecule has 5 nitrogen and oxygen atoms in total. The molecule has 3 aromatic rings. The summed E-state index contributed by atoms with van der Waals surface area (Å²) >= 11 is 6.09. The van der Waals surface area contributed by atoms with Gasteiger partial charge in [0.2, 0.25) is 5.76 Å². The first-order valence-corrected chi connectivity index (χ1v) is 8.18. The average Bonchev–Trinajstić information content (AvgIpc) is 3.11. The molecule has 1 N–H and O–H groups in total. The number of aromatic carboxylic acids is 1. The minimum Gasteiger partial charge on any atom is -0.475 e. The van der Waals surface area contributed by atoms with E-state index in [0.29, 0.717) is 40.4 Å². The Morgan fingerprint density at radius 2 is 2.24 bits per heavy atom. The Kier molecular flexibility index (Phi) is 3.65. The van der Waals surface area contributed by atoms with E-state index >= 15 is 0 Å². The van der Waals surface area contributed by atoms with E-state index in [1.807, 2.05) is 6.20 Å².